The van der Waals surface area contributed by atoms with E-state index in [4.69, 9.17) is 0 Å². The van der Waals surface area contributed by atoms with Gasteiger partial charge in [0.2, 0.25) is 0 Å². The largest absolute Gasteiger partial charge is 0.309 e. The van der Waals surface area contributed by atoms with Gasteiger partial charge in [-0.2, -0.15) is 0 Å². The molecule has 2 aliphatic carbocycles. The topological polar surface area (TPSA) is 3.24 Å². The van der Waals surface area contributed by atoms with Crippen LogP contribution >= 0.6 is 0 Å². The number of para-hydroxylation sites is 1. The molecular formula is C64H47N. The molecular weight excluding hydrogens is 783 g/mol. The van der Waals surface area contributed by atoms with Gasteiger partial charge in [0.1, 0.15) is 0 Å². The molecule has 1 heteroatoms. The minimum Gasteiger partial charge on any atom is -0.309 e. The van der Waals surface area contributed by atoms with Crippen molar-refractivity contribution in [2.24, 2.45) is 0 Å². The summed E-state index contributed by atoms with van der Waals surface area (Å²) in [5.41, 5.74) is 22.8. The SMILES string of the molecule is CC1(C)c2ccccc2C2(c3ccccc3-c3c(N(c4cccc(-c5ccccc5)c4)c4ccccc4-c4ccccc4-c4ccccc4-c4ccccc4)cccc32)c2ccccc21. The second-order valence-electron chi connectivity index (χ2n) is 17.9. The summed E-state index contributed by atoms with van der Waals surface area (Å²) < 4.78 is 0. The first-order valence-electron chi connectivity index (χ1n) is 22.8. The van der Waals surface area contributed by atoms with Gasteiger partial charge >= 0.3 is 0 Å². The quantitative estimate of drug-likeness (QED) is 0.155. The second-order valence-corrected chi connectivity index (χ2v) is 17.9. The first-order valence-corrected chi connectivity index (χ1v) is 22.8. The maximum atomic E-state index is 2.54. The maximum absolute atomic E-state index is 2.54. The minimum atomic E-state index is -0.518. The van der Waals surface area contributed by atoms with E-state index in [1.807, 2.05) is 0 Å². The Morgan fingerprint density at radius 2 is 0.692 bits per heavy atom. The number of hydrogen-bond donors (Lipinski definition) is 0. The summed E-state index contributed by atoms with van der Waals surface area (Å²) in [5, 5.41) is 0. The van der Waals surface area contributed by atoms with Crippen LogP contribution in [0.4, 0.5) is 17.1 Å². The summed E-state index contributed by atoms with van der Waals surface area (Å²) in [6.07, 6.45) is 0. The summed E-state index contributed by atoms with van der Waals surface area (Å²) >= 11 is 0. The zero-order valence-corrected chi connectivity index (χ0v) is 36.6. The highest BCUT2D eigenvalue weighted by Gasteiger charge is 2.54. The van der Waals surface area contributed by atoms with Gasteiger partial charge in [0.05, 0.1) is 16.8 Å². The number of benzene rings is 10. The average Bonchev–Trinajstić information content (AvgIpc) is 3.68. The monoisotopic (exact) mass is 829 g/mol. The molecule has 0 N–H and O–H groups in total. The summed E-state index contributed by atoms with van der Waals surface area (Å²) in [6, 6.07) is 92.1. The van der Waals surface area contributed by atoms with Crippen molar-refractivity contribution >= 4 is 17.1 Å². The van der Waals surface area contributed by atoms with Gasteiger partial charge in [0, 0.05) is 22.2 Å². The third-order valence-electron chi connectivity index (χ3n) is 14.2. The van der Waals surface area contributed by atoms with Crippen molar-refractivity contribution < 1.29 is 0 Å². The maximum Gasteiger partial charge on any atom is 0.0720 e. The molecule has 0 fully saturated rings. The Morgan fingerprint density at radius 3 is 1.34 bits per heavy atom. The molecule has 0 bridgehead atoms. The molecule has 1 spiro atoms. The van der Waals surface area contributed by atoms with Crippen molar-refractivity contribution in [2.45, 2.75) is 24.7 Å². The van der Waals surface area contributed by atoms with E-state index in [1.54, 1.807) is 0 Å². The van der Waals surface area contributed by atoms with Crippen LogP contribution in [0.2, 0.25) is 0 Å². The first kappa shape index (κ1) is 38.7. The molecule has 0 aromatic heterocycles. The van der Waals surface area contributed by atoms with Crippen LogP contribution in [0.25, 0.3) is 55.6 Å². The zero-order valence-electron chi connectivity index (χ0n) is 36.6. The van der Waals surface area contributed by atoms with Gasteiger partial charge in [-0.15, -0.1) is 0 Å². The molecule has 0 aliphatic heterocycles. The number of hydrogen-bond acceptors (Lipinski definition) is 1. The lowest BCUT2D eigenvalue weighted by molar-refractivity contribution is 0.563. The summed E-state index contributed by atoms with van der Waals surface area (Å²) in [5.74, 6) is 0. The first-order chi connectivity index (χ1) is 32.0. The minimum absolute atomic E-state index is 0.177. The lowest BCUT2D eigenvalue weighted by atomic mass is 9.55. The van der Waals surface area contributed by atoms with E-state index in [-0.39, 0.29) is 5.41 Å². The summed E-state index contributed by atoms with van der Waals surface area (Å²) in [4.78, 5) is 2.54. The molecule has 0 radical (unpaired) electrons. The molecule has 308 valence electrons. The van der Waals surface area contributed by atoms with E-state index < -0.39 is 5.41 Å². The van der Waals surface area contributed by atoms with Crippen LogP contribution in [0.15, 0.2) is 249 Å². The van der Waals surface area contributed by atoms with Crippen molar-refractivity contribution in [2.75, 3.05) is 4.90 Å². The van der Waals surface area contributed by atoms with Gasteiger partial charge in [-0.05, 0) is 102 Å². The molecule has 2 aliphatic rings. The molecule has 65 heavy (non-hydrogen) atoms. The van der Waals surface area contributed by atoms with Gasteiger partial charge in [0.15, 0.2) is 0 Å². The Balaban J connectivity index is 1.15. The lowest BCUT2D eigenvalue weighted by Crippen LogP contribution is -2.40. The molecule has 0 amide bonds. The zero-order chi connectivity index (χ0) is 43.5. The van der Waals surface area contributed by atoms with E-state index in [9.17, 15) is 0 Å². The highest BCUT2D eigenvalue weighted by Crippen LogP contribution is 2.64. The number of nitrogens with zero attached hydrogens (tertiary/aromatic N) is 1. The highest BCUT2D eigenvalue weighted by atomic mass is 15.1. The summed E-state index contributed by atoms with van der Waals surface area (Å²) in [7, 11) is 0. The Kier molecular flexibility index (Phi) is 9.14. The smallest absolute Gasteiger partial charge is 0.0720 e. The van der Waals surface area contributed by atoms with E-state index in [0.29, 0.717) is 0 Å². The fourth-order valence-corrected chi connectivity index (χ4v) is 11.4. The fourth-order valence-electron chi connectivity index (χ4n) is 11.4. The van der Waals surface area contributed by atoms with Crippen LogP contribution in [0.5, 0.6) is 0 Å². The predicted octanol–water partition coefficient (Wildman–Crippen LogP) is 16.8. The van der Waals surface area contributed by atoms with Crippen molar-refractivity contribution in [1.29, 1.82) is 0 Å². The van der Waals surface area contributed by atoms with Gasteiger partial charge in [-0.3, -0.25) is 0 Å². The van der Waals surface area contributed by atoms with Crippen LogP contribution < -0.4 is 4.90 Å². The molecule has 0 saturated heterocycles. The third kappa shape index (κ3) is 5.93. The number of anilines is 3. The second kappa shape index (κ2) is 15.4. The molecule has 10 aromatic carbocycles. The molecule has 0 heterocycles. The normalized spacial score (nSPS) is 13.6. The van der Waals surface area contributed by atoms with Crippen LogP contribution in [0.3, 0.4) is 0 Å². The van der Waals surface area contributed by atoms with Gasteiger partial charge < -0.3 is 4.90 Å². The fraction of sp³-hybridized carbons (Fsp3) is 0.0625. The van der Waals surface area contributed by atoms with Crippen molar-refractivity contribution in [3.8, 4) is 55.6 Å². The molecule has 1 nitrogen and oxygen atoms in total. The van der Waals surface area contributed by atoms with E-state index >= 15 is 0 Å². The number of fused-ring (bicyclic) bond motifs is 9. The van der Waals surface area contributed by atoms with E-state index in [0.717, 1.165) is 22.6 Å². The Hall–Kier alpha value is -8.00. The van der Waals surface area contributed by atoms with E-state index in [1.165, 1.54) is 83.5 Å². The van der Waals surface area contributed by atoms with Crippen LogP contribution in [0.1, 0.15) is 47.2 Å². The lowest BCUT2D eigenvalue weighted by Gasteiger charge is -2.46. The summed E-state index contributed by atoms with van der Waals surface area (Å²) in [6.45, 7) is 4.79. The van der Waals surface area contributed by atoms with Crippen molar-refractivity contribution in [3.05, 3.63) is 282 Å². The van der Waals surface area contributed by atoms with Gasteiger partial charge in [0.25, 0.3) is 0 Å². The van der Waals surface area contributed by atoms with E-state index in [2.05, 4.69) is 267 Å². The standard InChI is InChI=1S/C64H47N/c1-63(2)55-36-16-18-38-57(55)64(58-39-19-17-37-56(58)63)54-35-15-13-34-53(54)62-59(64)40-22-42-61(62)65(47-28-21-27-46(43-47)44-23-5-3-6-24-44)60-41-20-14-33-52(60)51-32-12-11-31-50(51)49-30-10-9-29-48(49)45-25-7-4-8-26-45/h3-43H,1-2H3. The van der Waals surface area contributed by atoms with Crippen LogP contribution in [0, 0.1) is 0 Å². The Morgan fingerprint density at radius 1 is 0.277 bits per heavy atom. The molecule has 0 saturated carbocycles. The van der Waals surface area contributed by atoms with Crippen LogP contribution in [-0.4, -0.2) is 0 Å². The predicted molar refractivity (Wildman–Crippen MR) is 272 cm³/mol. The van der Waals surface area contributed by atoms with Gasteiger partial charge in [-0.1, -0.05) is 238 Å². The van der Waals surface area contributed by atoms with Crippen molar-refractivity contribution in [1.82, 2.24) is 0 Å². The number of rotatable bonds is 7. The average molecular weight is 830 g/mol. The van der Waals surface area contributed by atoms with Crippen LogP contribution in [-0.2, 0) is 10.8 Å². The molecule has 10 aromatic rings. The van der Waals surface area contributed by atoms with Crippen molar-refractivity contribution in [3.63, 3.8) is 0 Å². The molecule has 0 unspecified atom stereocenters. The molecule has 0 atom stereocenters. The highest BCUT2D eigenvalue weighted by molar-refractivity contribution is 6.02. The Bertz CT molecular complexity index is 3360. The molecule has 12 rings (SSSR count). The Labute approximate surface area is 382 Å². The van der Waals surface area contributed by atoms with Gasteiger partial charge in [-0.25, -0.2) is 0 Å². The third-order valence-corrected chi connectivity index (χ3v) is 14.2.